The SMILES string of the molecule is CCOC(=O)CCCCCCP(Br)(c1ccccc1)(c1ccccc1)c1ccccc1. The van der Waals surface area contributed by atoms with Gasteiger partial charge in [-0.25, -0.2) is 0 Å². The number of halogens is 1. The Balaban J connectivity index is 1.91. The van der Waals surface area contributed by atoms with Gasteiger partial charge in [0.25, 0.3) is 0 Å². The Morgan fingerprint density at radius 1 is 0.710 bits per heavy atom. The molecule has 0 fully saturated rings. The van der Waals surface area contributed by atoms with E-state index in [0.29, 0.717) is 13.0 Å². The van der Waals surface area contributed by atoms with Crippen molar-refractivity contribution in [3.8, 4) is 0 Å². The molecule has 0 unspecified atom stereocenters. The molecule has 0 saturated heterocycles. The number of carbonyl (C=O) groups excluding carboxylic acids is 1. The van der Waals surface area contributed by atoms with Crippen LogP contribution in [-0.2, 0) is 9.53 Å². The first-order valence-electron chi connectivity index (χ1n) is 11.1. The summed E-state index contributed by atoms with van der Waals surface area (Å²) in [6.07, 6.45) is 5.67. The number of esters is 1. The van der Waals surface area contributed by atoms with E-state index in [1.165, 1.54) is 15.9 Å². The molecule has 0 heterocycles. The Morgan fingerprint density at radius 2 is 1.13 bits per heavy atom. The van der Waals surface area contributed by atoms with Gasteiger partial charge in [0.15, 0.2) is 0 Å². The van der Waals surface area contributed by atoms with Crippen LogP contribution in [0.25, 0.3) is 0 Å². The van der Waals surface area contributed by atoms with Gasteiger partial charge in [0, 0.05) is 0 Å². The van der Waals surface area contributed by atoms with E-state index in [0.717, 1.165) is 31.8 Å². The van der Waals surface area contributed by atoms with Crippen molar-refractivity contribution in [2.75, 3.05) is 12.8 Å². The van der Waals surface area contributed by atoms with Crippen molar-refractivity contribution in [2.45, 2.75) is 39.0 Å². The number of ether oxygens (including phenoxy) is 1. The van der Waals surface area contributed by atoms with Crippen molar-refractivity contribution in [3.63, 3.8) is 0 Å². The molecule has 0 aromatic heterocycles. The Hall–Kier alpha value is -1.96. The van der Waals surface area contributed by atoms with Crippen LogP contribution in [0.2, 0.25) is 0 Å². The van der Waals surface area contributed by atoms with E-state index in [9.17, 15) is 4.79 Å². The third kappa shape index (κ3) is 5.27. The van der Waals surface area contributed by atoms with E-state index in [-0.39, 0.29) is 5.97 Å². The Kier molecular flexibility index (Phi) is 8.46. The maximum atomic E-state index is 11.6. The second kappa shape index (κ2) is 11.1. The van der Waals surface area contributed by atoms with E-state index in [4.69, 9.17) is 4.74 Å². The Morgan fingerprint density at radius 3 is 1.55 bits per heavy atom. The van der Waals surface area contributed by atoms with E-state index in [1.807, 2.05) is 6.92 Å². The summed E-state index contributed by atoms with van der Waals surface area (Å²) < 4.78 is 5.05. The number of hydrogen-bond donors (Lipinski definition) is 0. The summed E-state index contributed by atoms with van der Waals surface area (Å²) in [4.78, 5) is 11.6. The normalized spacial score (nSPS) is 12.6. The fourth-order valence-corrected chi connectivity index (χ4v) is 12.1. The van der Waals surface area contributed by atoms with Gasteiger partial charge < -0.3 is 0 Å². The van der Waals surface area contributed by atoms with Gasteiger partial charge in [-0.05, 0) is 0 Å². The molecule has 3 aromatic rings. The minimum atomic E-state index is -2.81. The Labute approximate surface area is 194 Å². The molecule has 31 heavy (non-hydrogen) atoms. The molecule has 4 heteroatoms. The van der Waals surface area contributed by atoms with Gasteiger partial charge >= 0.3 is 195 Å². The number of unbranched alkanes of at least 4 members (excludes halogenated alkanes) is 3. The van der Waals surface area contributed by atoms with Gasteiger partial charge in [-0.15, -0.1) is 0 Å². The summed E-state index contributed by atoms with van der Waals surface area (Å²) in [5, 5.41) is 1.27. The molecule has 0 saturated carbocycles. The minimum absolute atomic E-state index is 0.0829. The number of hydrogen-bond acceptors (Lipinski definition) is 2. The van der Waals surface area contributed by atoms with Crippen molar-refractivity contribution in [1.82, 2.24) is 0 Å². The topological polar surface area (TPSA) is 26.3 Å². The van der Waals surface area contributed by atoms with Crippen LogP contribution in [0.1, 0.15) is 39.0 Å². The standard InChI is InChI=1S/C27H32BrO2P/c1-2-30-27(29)22-14-3-4-15-23-31(28,24-16-8-5-9-17-24,25-18-10-6-11-19-25)26-20-12-7-13-21-26/h5-13,16-21H,2-4,14-15,22-23H2,1H3. The summed E-state index contributed by atoms with van der Waals surface area (Å²) in [5.41, 5.74) is 0. The number of rotatable bonds is 11. The zero-order valence-electron chi connectivity index (χ0n) is 18.3. The van der Waals surface area contributed by atoms with Gasteiger partial charge in [-0.2, -0.15) is 0 Å². The molecular formula is C27H32BrO2P. The summed E-state index contributed by atoms with van der Waals surface area (Å²) in [6.45, 7) is 2.32. The average Bonchev–Trinajstić information content (AvgIpc) is 2.83. The fourth-order valence-electron chi connectivity index (χ4n) is 4.32. The first kappa shape index (κ1) is 23.7. The third-order valence-electron chi connectivity index (χ3n) is 5.90. The van der Waals surface area contributed by atoms with Gasteiger partial charge in [-0.1, -0.05) is 0 Å². The van der Waals surface area contributed by atoms with Crippen LogP contribution in [0.4, 0.5) is 0 Å². The van der Waals surface area contributed by atoms with Gasteiger partial charge in [0.05, 0.1) is 0 Å². The summed E-state index contributed by atoms with van der Waals surface area (Å²) in [7, 11) is 0. The summed E-state index contributed by atoms with van der Waals surface area (Å²) >= 11 is 4.49. The van der Waals surface area contributed by atoms with E-state index in [2.05, 4.69) is 106 Å². The first-order chi connectivity index (χ1) is 15.1. The van der Waals surface area contributed by atoms with Crippen molar-refractivity contribution in [2.24, 2.45) is 0 Å². The van der Waals surface area contributed by atoms with Gasteiger partial charge in [-0.3, -0.25) is 0 Å². The number of carbonyl (C=O) groups is 1. The van der Waals surface area contributed by atoms with Crippen molar-refractivity contribution in [3.05, 3.63) is 91.0 Å². The second-order valence-corrected chi connectivity index (χ2v) is 16.9. The molecule has 0 atom stereocenters. The van der Waals surface area contributed by atoms with E-state index >= 15 is 0 Å². The van der Waals surface area contributed by atoms with Gasteiger partial charge in [0.1, 0.15) is 0 Å². The molecule has 0 radical (unpaired) electrons. The molecule has 0 N–H and O–H groups in total. The second-order valence-electron chi connectivity index (χ2n) is 7.88. The predicted octanol–water partition coefficient (Wildman–Crippen LogP) is 6.34. The van der Waals surface area contributed by atoms with Crippen LogP contribution in [0, 0.1) is 0 Å². The molecule has 0 bridgehead atoms. The number of benzene rings is 3. The molecule has 3 aromatic carbocycles. The quantitative estimate of drug-likeness (QED) is 0.175. The van der Waals surface area contributed by atoms with Crippen LogP contribution < -0.4 is 15.9 Å². The van der Waals surface area contributed by atoms with Crippen LogP contribution >= 0.6 is 20.8 Å². The van der Waals surface area contributed by atoms with E-state index in [1.54, 1.807) is 0 Å². The maximum absolute atomic E-state index is 11.6. The van der Waals surface area contributed by atoms with Crippen LogP contribution in [-0.4, -0.2) is 18.7 Å². The summed E-state index contributed by atoms with van der Waals surface area (Å²) in [6, 6.07) is 32.7. The van der Waals surface area contributed by atoms with Crippen molar-refractivity contribution >= 4 is 42.7 Å². The predicted molar refractivity (Wildman–Crippen MR) is 139 cm³/mol. The molecule has 3 rings (SSSR count). The molecule has 0 aliphatic heterocycles. The molecule has 2 nitrogen and oxygen atoms in total. The first-order valence-corrected chi connectivity index (χ1v) is 15.6. The third-order valence-corrected chi connectivity index (χ3v) is 15.9. The van der Waals surface area contributed by atoms with Gasteiger partial charge in [0.2, 0.25) is 0 Å². The van der Waals surface area contributed by atoms with Crippen LogP contribution in [0.3, 0.4) is 0 Å². The fraction of sp³-hybridized carbons (Fsp3) is 0.296. The zero-order valence-corrected chi connectivity index (χ0v) is 20.7. The van der Waals surface area contributed by atoms with Crippen molar-refractivity contribution < 1.29 is 9.53 Å². The molecule has 0 aliphatic rings. The average molecular weight is 499 g/mol. The summed E-state index contributed by atoms with van der Waals surface area (Å²) in [5.74, 6) is -0.0829. The zero-order chi connectivity index (χ0) is 22.0. The Bertz CT molecular complexity index is 845. The molecule has 0 amide bonds. The van der Waals surface area contributed by atoms with Crippen molar-refractivity contribution in [1.29, 1.82) is 0 Å². The molecule has 0 aliphatic carbocycles. The molecular weight excluding hydrogens is 467 g/mol. The molecule has 164 valence electrons. The van der Waals surface area contributed by atoms with E-state index < -0.39 is 5.31 Å². The van der Waals surface area contributed by atoms with Crippen LogP contribution in [0.15, 0.2) is 91.0 Å². The van der Waals surface area contributed by atoms with Crippen LogP contribution in [0.5, 0.6) is 0 Å². The molecule has 0 spiro atoms. The monoisotopic (exact) mass is 498 g/mol.